The molecule has 5 N–H and O–H groups in total. The Kier molecular flexibility index (Phi) is 7.24. The summed E-state index contributed by atoms with van der Waals surface area (Å²) >= 11 is 0. The number of nitrogens with zero attached hydrogens (tertiary/aromatic N) is 1. The number of rotatable bonds is 10. The molecule has 14 heteroatoms. The van der Waals surface area contributed by atoms with Crippen LogP contribution in [0.5, 0.6) is 5.75 Å². The number of aromatic amines is 1. The van der Waals surface area contributed by atoms with Crippen molar-refractivity contribution in [2.24, 2.45) is 16.7 Å². The van der Waals surface area contributed by atoms with Crippen LogP contribution in [0.4, 0.5) is 11.6 Å². The Bertz CT molecular complexity index is 1770. The van der Waals surface area contributed by atoms with E-state index in [2.05, 4.69) is 25.3 Å². The largest absolute Gasteiger partial charge is 0.480 e. The van der Waals surface area contributed by atoms with E-state index in [0.717, 1.165) is 11.9 Å². The van der Waals surface area contributed by atoms with E-state index in [9.17, 15) is 32.7 Å². The fourth-order valence-corrected chi connectivity index (χ4v) is 8.96. The molecule has 1 aliphatic heterocycles. The summed E-state index contributed by atoms with van der Waals surface area (Å²) in [5.74, 6) is -2.32. The number of hydrogen-bond donors (Lipinski definition) is 5. The van der Waals surface area contributed by atoms with Crippen molar-refractivity contribution < 1.29 is 37.4 Å². The van der Waals surface area contributed by atoms with Gasteiger partial charge in [0, 0.05) is 11.8 Å². The van der Waals surface area contributed by atoms with Crippen LogP contribution < -0.4 is 20.1 Å². The summed E-state index contributed by atoms with van der Waals surface area (Å²) in [6.45, 7) is 3.84. The monoisotopic (exact) mass is 623 g/mol. The van der Waals surface area contributed by atoms with Gasteiger partial charge in [0.05, 0.1) is 28.9 Å². The van der Waals surface area contributed by atoms with Crippen LogP contribution in [0.1, 0.15) is 45.1 Å². The first-order valence-corrected chi connectivity index (χ1v) is 16.0. The Hall–Kier alpha value is -4.30. The highest BCUT2D eigenvalue weighted by Gasteiger charge is 2.65. The van der Waals surface area contributed by atoms with Gasteiger partial charge in [-0.1, -0.05) is 32.0 Å². The van der Waals surface area contributed by atoms with Crippen LogP contribution in [0.3, 0.4) is 0 Å². The number of sulfonamides is 1. The molecule has 2 aliphatic carbocycles. The molecule has 13 nitrogen and oxygen atoms in total. The lowest BCUT2D eigenvalue weighted by molar-refractivity contribution is -0.139. The molecule has 2 amide bonds. The molecular weight excluding hydrogens is 590 g/mol. The quantitative estimate of drug-likeness (QED) is 0.225. The van der Waals surface area contributed by atoms with Crippen molar-refractivity contribution in [3.63, 3.8) is 0 Å². The summed E-state index contributed by atoms with van der Waals surface area (Å²) in [6, 6.07) is 10.4. The zero-order valence-electron chi connectivity index (χ0n) is 24.2. The Labute approximate surface area is 253 Å². The summed E-state index contributed by atoms with van der Waals surface area (Å²) in [7, 11) is -4.14. The van der Waals surface area contributed by atoms with E-state index in [1.807, 2.05) is 32.0 Å². The molecule has 3 aliphatic rings. The summed E-state index contributed by atoms with van der Waals surface area (Å²) in [5, 5.41) is 15.2. The lowest BCUT2D eigenvalue weighted by Crippen LogP contribution is -2.49. The lowest BCUT2D eigenvalue weighted by atomic mass is 9.70. The molecule has 2 bridgehead atoms. The van der Waals surface area contributed by atoms with Crippen LogP contribution in [-0.2, 0) is 35.6 Å². The van der Waals surface area contributed by atoms with Crippen molar-refractivity contribution in [1.82, 2.24) is 14.7 Å². The third kappa shape index (κ3) is 5.32. The second-order valence-electron chi connectivity index (χ2n) is 12.4. The highest BCUT2D eigenvalue weighted by atomic mass is 32.2. The van der Waals surface area contributed by atoms with Crippen LogP contribution in [0, 0.1) is 16.7 Å². The molecule has 2 saturated carbocycles. The molecule has 1 aromatic heterocycles. The molecule has 232 valence electrons. The topological polar surface area (TPSA) is 197 Å². The molecule has 0 saturated heterocycles. The van der Waals surface area contributed by atoms with Gasteiger partial charge in [-0.3, -0.25) is 24.5 Å². The average Bonchev–Trinajstić information content (AvgIpc) is 3.51. The number of aromatic nitrogens is 2. The van der Waals surface area contributed by atoms with Crippen molar-refractivity contribution in [3.8, 4) is 5.75 Å². The van der Waals surface area contributed by atoms with Gasteiger partial charge >= 0.3 is 5.97 Å². The second-order valence-corrected chi connectivity index (χ2v) is 14.2. The van der Waals surface area contributed by atoms with Gasteiger partial charge in [-0.05, 0) is 60.4 Å². The van der Waals surface area contributed by atoms with Gasteiger partial charge < -0.3 is 20.1 Å². The van der Waals surface area contributed by atoms with E-state index in [0.29, 0.717) is 23.9 Å². The number of Topliss-reactive ketones (excluding diaryl/α,β-unsaturated/α-hetero) is 1. The standard InChI is InChI=1S/C30H33N5O8S/c1-29(2)17-9-10-30(29,24(36)13-17)15-44(41,42)35-21(27(39)40)12-16-7-8-22-20(11-16)31-26(38)23(43-22)14-25(37)34-28-32-18-5-3-4-6-19(18)33-28/h3-8,11,17,21,23,35H,9-10,12-15H2,1-2H3,(H,31,38)(H,39,40)(H2,32,33,34,37). The number of carboxylic acids is 1. The van der Waals surface area contributed by atoms with E-state index in [4.69, 9.17) is 4.74 Å². The fraction of sp³-hybridized carbons (Fsp3) is 0.433. The minimum Gasteiger partial charge on any atom is -0.480 e. The van der Waals surface area contributed by atoms with Crippen molar-refractivity contribution in [2.75, 3.05) is 16.4 Å². The van der Waals surface area contributed by atoms with Crippen LogP contribution in [0.15, 0.2) is 42.5 Å². The predicted octanol–water partition coefficient (Wildman–Crippen LogP) is 2.60. The number of carboxylic acid groups (broad SMARTS) is 1. The predicted molar refractivity (Wildman–Crippen MR) is 159 cm³/mol. The number of ketones is 1. The van der Waals surface area contributed by atoms with Crippen LogP contribution >= 0.6 is 0 Å². The molecule has 3 aromatic rings. The number of imidazole rings is 1. The number of hydrogen-bond acceptors (Lipinski definition) is 8. The van der Waals surface area contributed by atoms with Gasteiger partial charge in [0.2, 0.25) is 21.9 Å². The number of carbonyl (C=O) groups is 4. The fourth-order valence-electron chi connectivity index (χ4n) is 6.93. The van der Waals surface area contributed by atoms with Gasteiger partial charge in [-0.25, -0.2) is 18.1 Å². The first-order valence-electron chi connectivity index (χ1n) is 14.4. The molecule has 0 spiro atoms. The first kappa shape index (κ1) is 29.8. The molecule has 4 atom stereocenters. The maximum Gasteiger partial charge on any atom is 0.322 e. The highest BCUT2D eigenvalue weighted by Crippen LogP contribution is 2.64. The SMILES string of the molecule is CC1(C)C2CCC1(CS(=O)(=O)NC(Cc1ccc3c(c1)NC(=O)C(CC(=O)Nc1nc4ccccc4[nH]1)O3)C(=O)O)C(=O)C2. The number of nitrogens with one attached hydrogen (secondary N) is 4. The Morgan fingerprint density at radius 3 is 2.64 bits per heavy atom. The molecule has 6 rings (SSSR count). The second kappa shape index (κ2) is 10.7. The number of carbonyl (C=O) groups excluding carboxylic acids is 3. The molecule has 2 heterocycles. The van der Waals surface area contributed by atoms with Crippen molar-refractivity contribution in [1.29, 1.82) is 0 Å². The zero-order valence-corrected chi connectivity index (χ0v) is 25.0. The molecule has 2 fully saturated rings. The zero-order chi connectivity index (χ0) is 31.4. The van der Waals surface area contributed by atoms with Gasteiger partial charge in [-0.15, -0.1) is 0 Å². The summed E-state index contributed by atoms with van der Waals surface area (Å²) < 4.78 is 34.5. The van der Waals surface area contributed by atoms with Gasteiger partial charge in [0.25, 0.3) is 5.91 Å². The number of H-pyrrole nitrogens is 1. The van der Waals surface area contributed by atoms with E-state index >= 15 is 0 Å². The first-order chi connectivity index (χ1) is 20.8. The summed E-state index contributed by atoms with van der Waals surface area (Å²) in [5.41, 5.74) is 0.607. The maximum atomic E-state index is 13.2. The molecule has 44 heavy (non-hydrogen) atoms. The van der Waals surface area contributed by atoms with Gasteiger partial charge in [0.1, 0.15) is 17.6 Å². The number of para-hydroxylation sites is 2. The minimum absolute atomic E-state index is 0.0771. The third-order valence-electron chi connectivity index (χ3n) is 9.52. The Balaban J connectivity index is 1.10. The van der Waals surface area contributed by atoms with Crippen LogP contribution in [0.2, 0.25) is 0 Å². The van der Waals surface area contributed by atoms with E-state index in [1.54, 1.807) is 12.1 Å². The summed E-state index contributed by atoms with van der Waals surface area (Å²) in [6.07, 6.45) is -0.0292. The van der Waals surface area contributed by atoms with E-state index in [-0.39, 0.29) is 41.9 Å². The third-order valence-corrected chi connectivity index (χ3v) is 11.0. The van der Waals surface area contributed by atoms with E-state index < -0.39 is 56.5 Å². The molecule has 4 unspecified atom stereocenters. The lowest BCUT2D eigenvalue weighted by Gasteiger charge is -2.36. The number of ether oxygens (including phenoxy) is 1. The molecule has 0 radical (unpaired) electrons. The number of anilines is 2. The van der Waals surface area contributed by atoms with E-state index in [1.165, 1.54) is 12.1 Å². The number of benzene rings is 2. The van der Waals surface area contributed by atoms with Crippen molar-refractivity contribution >= 4 is 56.3 Å². The average molecular weight is 624 g/mol. The number of amides is 2. The summed E-state index contributed by atoms with van der Waals surface area (Å²) in [4.78, 5) is 57.6. The van der Waals surface area contributed by atoms with Crippen molar-refractivity contribution in [2.45, 2.75) is 58.1 Å². The van der Waals surface area contributed by atoms with Crippen molar-refractivity contribution in [3.05, 3.63) is 48.0 Å². The molecule has 2 aromatic carbocycles. The maximum absolute atomic E-state index is 13.2. The number of aliphatic carboxylic acids is 1. The molecular formula is C30H33N5O8S. The minimum atomic E-state index is -4.14. The van der Waals surface area contributed by atoms with Crippen LogP contribution in [-0.4, -0.2) is 65.0 Å². The normalized spacial score (nSPS) is 24.4. The smallest absolute Gasteiger partial charge is 0.322 e. The Morgan fingerprint density at radius 1 is 1.18 bits per heavy atom. The van der Waals surface area contributed by atoms with Gasteiger partial charge in [0.15, 0.2) is 6.10 Å². The number of fused-ring (bicyclic) bond motifs is 4. The van der Waals surface area contributed by atoms with Gasteiger partial charge in [-0.2, -0.15) is 0 Å². The van der Waals surface area contributed by atoms with Crippen LogP contribution in [0.25, 0.3) is 11.0 Å². The Morgan fingerprint density at radius 2 is 1.95 bits per heavy atom. The highest BCUT2D eigenvalue weighted by molar-refractivity contribution is 7.89.